The fourth-order valence-electron chi connectivity index (χ4n) is 7.31. The fourth-order valence-corrected chi connectivity index (χ4v) is 7.31. The first-order chi connectivity index (χ1) is 20.0. The normalized spacial score (nSPS) is 53.9. The maximum Gasteiger partial charge on any atom is 0.187 e. The molecule has 6 unspecified atom stereocenters. The molecule has 0 aromatic heterocycles. The van der Waals surface area contributed by atoms with Gasteiger partial charge >= 0.3 is 0 Å². The van der Waals surface area contributed by atoms with Crippen LogP contribution in [-0.2, 0) is 18.9 Å². The van der Waals surface area contributed by atoms with Crippen LogP contribution in [0.25, 0.3) is 0 Å². The Hall–Kier alpha value is -0.600. The van der Waals surface area contributed by atoms with E-state index in [-0.39, 0.29) is 24.4 Å². The predicted molar refractivity (Wildman–Crippen MR) is 138 cm³/mol. The highest BCUT2D eigenvalue weighted by Crippen LogP contribution is 2.43. The van der Waals surface area contributed by atoms with Crippen LogP contribution >= 0.6 is 0 Å². The SMILES string of the molecule is OC[C@H]1O[C@H](OC2CC(O)CC3[OH+]C(C4CCC(O)CC4)C(O[C@H]4O[C@H](CO)[C@@H](O)[C@H](O)[C@H]4O)CC23)[C@H](O)[C@@H](O)[C@@H]1O. The number of rotatable bonds is 7. The summed E-state index contributed by atoms with van der Waals surface area (Å²) in [5.74, 6) is -0.353. The van der Waals surface area contributed by atoms with Gasteiger partial charge in [0.2, 0.25) is 0 Å². The van der Waals surface area contributed by atoms with Crippen LogP contribution in [-0.4, -0.2) is 167 Å². The van der Waals surface area contributed by atoms with Crippen LogP contribution in [0.1, 0.15) is 44.9 Å². The van der Waals surface area contributed by atoms with Crippen molar-refractivity contribution in [1.29, 1.82) is 0 Å². The van der Waals surface area contributed by atoms with Crippen molar-refractivity contribution in [3.8, 4) is 0 Å². The molecule has 0 amide bonds. The fraction of sp³-hybridized carbons (Fsp3) is 1.00. The van der Waals surface area contributed by atoms with E-state index in [4.69, 9.17) is 23.7 Å². The van der Waals surface area contributed by atoms with Gasteiger partial charge in [0.15, 0.2) is 24.8 Å². The Morgan fingerprint density at radius 3 is 1.62 bits per heavy atom. The maximum atomic E-state index is 10.7. The number of aliphatic hydroxyl groups is 12. The molecule has 3 heterocycles. The quantitative estimate of drug-likeness (QED) is 0.122. The minimum absolute atomic E-state index is 0.0214. The molecule has 15 heteroatoms. The van der Waals surface area contributed by atoms with Crippen molar-refractivity contribution in [2.45, 2.75) is 143 Å². The first-order valence-electron chi connectivity index (χ1n) is 15.0. The van der Waals surface area contributed by atoms with Gasteiger partial charge in [-0.05, 0) is 32.1 Å². The predicted octanol–water partition coefficient (Wildman–Crippen LogP) is -4.65. The van der Waals surface area contributed by atoms with Crippen LogP contribution in [0.15, 0.2) is 0 Å². The van der Waals surface area contributed by atoms with E-state index in [1.165, 1.54) is 0 Å². The van der Waals surface area contributed by atoms with Gasteiger partial charge in [-0.1, -0.05) is 0 Å². The Labute approximate surface area is 243 Å². The van der Waals surface area contributed by atoms with Gasteiger partial charge in [0.1, 0.15) is 54.9 Å². The lowest BCUT2D eigenvalue weighted by Gasteiger charge is -2.50. The highest BCUT2D eigenvalue weighted by atomic mass is 16.7. The van der Waals surface area contributed by atoms with Crippen molar-refractivity contribution in [1.82, 2.24) is 0 Å². The second kappa shape index (κ2) is 13.8. The molecule has 2 aliphatic carbocycles. The minimum Gasteiger partial charge on any atom is -0.427 e. The van der Waals surface area contributed by atoms with Crippen LogP contribution < -0.4 is 0 Å². The molecule has 2 saturated carbocycles. The number of fused-ring (bicyclic) bond motifs is 1. The van der Waals surface area contributed by atoms with Gasteiger partial charge in [-0.15, -0.1) is 0 Å². The third-order valence-electron chi connectivity index (χ3n) is 9.78. The van der Waals surface area contributed by atoms with Gasteiger partial charge in [-0.25, -0.2) is 0 Å². The smallest absolute Gasteiger partial charge is 0.187 e. The van der Waals surface area contributed by atoms with Crippen molar-refractivity contribution in [2.75, 3.05) is 13.2 Å². The van der Waals surface area contributed by atoms with E-state index in [0.717, 1.165) is 0 Å². The number of hydrogen-bond acceptors (Lipinski definition) is 14. The van der Waals surface area contributed by atoms with Gasteiger partial charge in [0, 0.05) is 18.8 Å². The number of aliphatic hydroxyl groups excluding tert-OH is 10. The van der Waals surface area contributed by atoms with Gasteiger partial charge < -0.3 is 74.7 Å². The van der Waals surface area contributed by atoms with Crippen LogP contribution in [0.5, 0.6) is 0 Å². The molecule has 16 atom stereocenters. The summed E-state index contributed by atoms with van der Waals surface area (Å²) in [5, 5.41) is 102. The van der Waals surface area contributed by atoms with Crippen LogP contribution in [0, 0.1) is 11.8 Å². The molecule has 0 spiro atoms. The Morgan fingerprint density at radius 2 is 1.10 bits per heavy atom. The zero-order valence-corrected chi connectivity index (χ0v) is 23.3. The molecule has 0 bridgehead atoms. The molecular formula is C27H47O15+. The second-order valence-corrected chi connectivity index (χ2v) is 12.5. The summed E-state index contributed by atoms with van der Waals surface area (Å²) in [7, 11) is 0. The van der Waals surface area contributed by atoms with Gasteiger partial charge in [0.05, 0.1) is 37.4 Å². The molecule has 0 aromatic carbocycles. The molecule has 244 valence electrons. The zero-order valence-electron chi connectivity index (χ0n) is 23.3. The zero-order chi connectivity index (χ0) is 30.3. The maximum absolute atomic E-state index is 10.7. The lowest BCUT2D eigenvalue weighted by atomic mass is 9.73. The van der Waals surface area contributed by atoms with Crippen molar-refractivity contribution in [2.24, 2.45) is 11.8 Å². The van der Waals surface area contributed by atoms with E-state index in [0.29, 0.717) is 38.5 Å². The molecule has 42 heavy (non-hydrogen) atoms. The average molecular weight is 612 g/mol. The number of ether oxygens (including phenoxy) is 5. The van der Waals surface area contributed by atoms with Crippen molar-refractivity contribution in [3.63, 3.8) is 0 Å². The van der Waals surface area contributed by atoms with E-state index in [9.17, 15) is 51.1 Å². The monoisotopic (exact) mass is 611 g/mol. The van der Waals surface area contributed by atoms with E-state index in [1.807, 2.05) is 0 Å². The van der Waals surface area contributed by atoms with Gasteiger partial charge in [-0.2, -0.15) is 0 Å². The van der Waals surface area contributed by atoms with Gasteiger partial charge in [0.25, 0.3) is 0 Å². The van der Waals surface area contributed by atoms with E-state index in [2.05, 4.69) is 0 Å². The summed E-state index contributed by atoms with van der Waals surface area (Å²) in [6.07, 6.45) is -14.8. The highest BCUT2D eigenvalue weighted by Gasteiger charge is 2.56. The Morgan fingerprint density at radius 1 is 0.571 bits per heavy atom. The molecule has 0 aromatic rings. The second-order valence-electron chi connectivity index (χ2n) is 12.5. The topological polar surface area (TPSA) is 252 Å². The summed E-state index contributed by atoms with van der Waals surface area (Å²) in [5.41, 5.74) is 0. The van der Waals surface area contributed by atoms with Crippen LogP contribution in [0.3, 0.4) is 0 Å². The van der Waals surface area contributed by atoms with Crippen molar-refractivity contribution < 1.29 is 74.7 Å². The Kier molecular flexibility index (Phi) is 10.8. The molecule has 5 aliphatic rings. The van der Waals surface area contributed by atoms with E-state index in [1.54, 1.807) is 0 Å². The molecule has 5 rings (SSSR count). The van der Waals surface area contributed by atoms with E-state index < -0.39 is 105 Å². The first kappa shape index (κ1) is 32.8. The third-order valence-corrected chi connectivity index (χ3v) is 9.78. The molecular weight excluding hydrogens is 564 g/mol. The van der Waals surface area contributed by atoms with Crippen molar-refractivity contribution >= 4 is 0 Å². The van der Waals surface area contributed by atoms with Gasteiger partial charge in [-0.3, -0.25) is 0 Å². The summed E-state index contributed by atoms with van der Waals surface area (Å²) in [6, 6.07) is 0. The van der Waals surface area contributed by atoms with Crippen LogP contribution in [0.4, 0.5) is 0 Å². The largest absolute Gasteiger partial charge is 0.427 e. The minimum atomic E-state index is -1.63. The summed E-state index contributed by atoms with van der Waals surface area (Å²) < 4.78 is 28.7. The lowest BCUT2D eigenvalue weighted by Crippen LogP contribution is -2.64. The third kappa shape index (κ3) is 6.66. The molecule has 5 fully saturated rings. The Bertz CT molecular complexity index is 855. The summed E-state index contributed by atoms with van der Waals surface area (Å²) in [6.45, 7) is -1.23. The van der Waals surface area contributed by atoms with E-state index >= 15 is 0 Å². The average Bonchev–Trinajstić information content (AvgIpc) is 2.98. The molecule has 11 N–H and O–H groups in total. The number of hydrogen-bond donors (Lipinski definition) is 10. The molecule has 3 saturated heterocycles. The lowest BCUT2D eigenvalue weighted by molar-refractivity contribution is -0.366. The summed E-state index contributed by atoms with van der Waals surface area (Å²) in [4.78, 5) is 0. The highest BCUT2D eigenvalue weighted by molar-refractivity contribution is 4.99. The first-order valence-corrected chi connectivity index (χ1v) is 15.0. The molecule has 3 aliphatic heterocycles. The molecule has 0 radical (unpaired) electrons. The van der Waals surface area contributed by atoms with Crippen molar-refractivity contribution in [3.05, 3.63) is 0 Å². The summed E-state index contributed by atoms with van der Waals surface area (Å²) >= 11 is 0. The Balaban J connectivity index is 1.36. The van der Waals surface area contributed by atoms with Crippen LogP contribution in [0.2, 0.25) is 0 Å². The molecule has 15 nitrogen and oxygen atoms in total. The standard InChI is InChI=1S/C27H46O15/c28-8-17-19(32)21(34)23(36)26(41-17)39-15-6-12(31)5-14-13(15)7-16(25(38-14)10-1-3-11(30)4-2-10)40-27-24(37)22(35)20(33)18(9-29)42-27/h10-37H,1-9H2/p+1/t10?,11?,12?,13?,14?,15?,16?,17-,18-,19-,20-,21+,22+,23-,24-,25?,26+,27+/m1/s1.